The first-order valence-corrected chi connectivity index (χ1v) is 35.3. The molecule has 1 aliphatic rings. The lowest BCUT2D eigenvalue weighted by Crippen LogP contribution is -2.10. The van der Waals surface area contributed by atoms with E-state index in [1.807, 2.05) is 30.3 Å². The van der Waals surface area contributed by atoms with Crippen LogP contribution in [0.4, 0.5) is 5.69 Å². The van der Waals surface area contributed by atoms with Crippen molar-refractivity contribution in [2.45, 2.75) is 6.42 Å². The Bertz CT molecular complexity index is 6490. The lowest BCUT2D eigenvalue weighted by atomic mass is 10.0. The van der Waals surface area contributed by atoms with Crippen molar-refractivity contribution in [2.24, 2.45) is 5.10 Å². The number of benzene rings is 13. The normalized spacial score (nSPS) is 12.2. The maximum atomic E-state index is 5.08. The summed E-state index contributed by atoms with van der Waals surface area (Å²) in [6, 6.07) is 132. The van der Waals surface area contributed by atoms with E-state index in [0.717, 1.165) is 96.8 Å². The average Bonchev–Trinajstić information content (AvgIpc) is 1.61. The molecule has 9 nitrogen and oxygen atoms in total. The molecule has 8 heterocycles. The van der Waals surface area contributed by atoms with E-state index >= 15 is 0 Å². The van der Waals surface area contributed by atoms with Gasteiger partial charge < -0.3 is 13.7 Å². The molecule has 20 aromatic rings. The van der Waals surface area contributed by atoms with Crippen molar-refractivity contribution in [1.29, 1.82) is 0 Å². The predicted molar refractivity (Wildman–Crippen MR) is 430 cm³/mol. The quantitative estimate of drug-likeness (QED) is 0.128. The molecular formula is C95H66N9+. The summed E-state index contributed by atoms with van der Waals surface area (Å²) < 4.78 is 13.5. The predicted octanol–water partition coefficient (Wildman–Crippen LogP) is 23.3. The molecule has 0 atom stereocenters. The van der Waals surface area contributed by atoms with E-state index < -0.39 is 0 Å². The van der Waals surface area contributed by atoms with Gasteiger partial charge in [-0.15, -0.1) is 0 Å². The van der Waals surface area contributed by atoms with Crippen LogP contribution in [-0.2, 0) is 0 Å². The summed E-state index contributed by atoms with van der Waals surface area (Å²) in [7, 11) is 0. The number of pyridine rings is 2. The first-order chi connectivity index (χ1) is 51.6. The molecule has 490 valence electrons. The number of rotatable bonds is 10. The van der Waals surface area contributed by atoms with Gasteiger partial charge in [-0.05, 0) is 114 Å². The first kappa shape index (κ1) is 61.1. The summed E-state index contributed by atoms with van der Waals surface area (Å²) >= 11 is 0. The third-order valence-corrected chi connectivity index (χ3v) is 20.0. The maximum Gasteiger partial charge on any atom is 0.238 e. The first-order valence-electron chi connectivity index (χ1n) is 35.3. The third kappa shape index (κ3) is 10.8. The van der Waals surface area contributed by atoms with Gasteiger partial charge in [0.15, 0.2) is 0 Å². The number of hydrogen-bond acceptors (Lipinski definition) is 3. The van der Waals surface area contributed by atoms with Crippen LogP contribution in [0.25, 0.3) is 139 Å². The van der Waals surface area contributed by atoms with Gasteiger partial charge in [-0.2, -0.15) is 0 Å². The van der Waals surface area contributed by atoms with Crippen LogP contribution < -0.4 is 0 Å². The number of nitrogens with zero attached hydrogens (tertiary/aromatic N) is 9. The molecule has 0 spiro atoms. The van der Waals surface area contributed by atoms with Gasteiger partial charge in [0.1, 0.15) is 17.0 Å². The second-order valence-electron chi connectivity index (χ2n) is 26.1. The Kier molecular flexibility index (Phi) is 15.4. The molecule has 104 heavy (non-hydrogen) atoms. The van der Waals surface area contributed by atoms with Crippen molar-refractivity contribution in [3.63, 3.8) is 0 Å². The lowest BCUT2D eigenvalue weighted by Gasteiger charge is -2.11. The monoisotopic (exact) mass is 1330 g/mol. The zero-order valence-electron chi connectivity index (χ0n) is 56.7. The van der Waals surface area contributed by atoms with E-state index in [0.29, 0.717) is 0 Å². The van der Waals surface area contributed by atoms with Gasteiger partial charge in [0.2, 0.25) is 11.4 Å². The molecule has 1 aliphatic heterocycles. The van der Waals surface area contributed by atoms with Crippen LogP contribution in [0, 0.1) is 0 Å². The number of para-hydroxylation sites is 6. The summed E-state index contributed by atoms with van der Waals surface area (Å²) in [6.07, 6.45) is 4.98. The molecule has 0 N–H and O–H groups in total. The van der Waals surface area contributed by atoms with Crippen LogP contribution in [0.3, 0.4) is 0 Å². The summed E-state index contributed by atoms with van der Waals surface area (Å²) in [5.74, 6) is 0. The van der Waals surface area contributed by atoms with E-state index in [2.05, 4.69) is 385 Å². The van der Waals surface area contributed by atoms with Crippen LogP contribution in [0.1, 0.15) is 17.5 Å². The van der Waals surface area contributed by atoms with Gasteiger partial charge in [0.05, 0.1) is 62.3 Å². The van der Waals surface area contributed by atoms with Crippen molar-refractivity contribution < 1.29 is 4.68 Å². The van der Waals surface area contributed by atoms with Crippen molar-refractivity contribution in [3.8, 4) is 62.1 Å². The van der Waals surface area contributed by atoms with Gasteiger partial charge in [-0.1, -0.05) is 255 Å². The number of aromatic nitrogens is 7. The molecule has 0 saturated heterocycles. The summed E-state index contributed by atoms with van der Waals surface area (Å²) in [5.41, 5.74) is 27.0. The molecule has 0 unspecified atom stereocenters. The zero-order chi connectivity index (χ0) is 68.9. The van der Waals surface area contributed by atoms with Crippen LogP contribution in [0.15, 0.2) is 394 Å². The van der Waals surface area contributed by atoms with Crippen LogP contribution in [-0.4, -0.2) is 48.6 Å². The van der Waals surface area contributed by atoms with Gasteiger partial charge in [0, 0.05) is 112 Å². The fourth-order valence-electron chi connectivity index (χ4n) is 15.4. The minimum absolute atomic E-state index is 0.794. The number of hydrogen-bond donors (Lipinski definition) is 0. The Morgan fingerprint density at radius 1 is 0.250 bits per heavy atom. The van der Waals surface area contributed by atoms with Gasteiger partial charge in [-0.3, -0.25) is 8.80 Å². The van der Waals surface area contributed by atoms with E-state index in [-0.39, 0.29) is 0 Å². The lowest BCUT2D eigenvalue weighted by molar-refractivity contribution is -0.441. The van der Waals surface area contributed by atoms with E-state index in [1.54, 1.807) is 0 Å². The Balaban J connectivity index is 0.000000107. The number of imidazole rings is 2. The molecule has 0 radical (unpaired) electrons. The van der Waals surface area contributed by atoms with Crippen LogP contribution in [0.2, 0.25) is 0 Å². The van der Waals surface area contributed by atoms with Gasteiger partial charge in [0.25, 0.3) is 0 Å². The Morgan fingerprint density at radius 2 is 0.587 bits per heavy atom. The van der Waals surface area contributed by atoms with Gasteiger partial charge >= 0.3 is 0 Å². The largest absolute Gasteiger partial charge is 0.309 e. The minimum Gasteiger partial charge on any atom is -0.309 e. The second-order valence-corrected chi connectivity index (χ2v) is 26.1. The van der Waals surface area contributed by atoms with Crippen LogP contribution >= 0.6 is 0 Å². The second kappa shape index (κ2) is 26.3. The van der Waals surface area contributed by atoms with Crippen LogP contribution in [0.5, 0.6) is 0 Å². The molecule has 0 bridgehead atoms. The smallest absolute Gasteiger partial charge is 0.238 e. The fraction of sp³-hybridized carbons (Fsp3) is 0.0105. The molecule has 13 aromatic carbocycles. The fourth-order valence-corrected chi connectivity index (χ4v) is 15.4. The molecule has 7 aromatic heterocycles. The molecule has 0 saturated carbocycles. The van der Waals surface area contributed by atoms with E-state index in [4.69, 9.17) is 15.1 Å². The number of fused-ring (bicyclic) bond motifs is 11. The summed E-state index contributed by atoms with van der Waals surface area (Å²) in [4.78, 5) is 9.98. The van der Waals surface area contributed by atoms with Crippen molar-refractivity contribution >= 4 is 93.8 Å². The highest BCUT2D eigenvalue weighted by atomic mass is 15.4. The molecule has 0 amide bonds. The highest BCUT2D eigenvalue weighted by Gasteiger charge is 2.31. The highest BCUT2D eigenvalue weighted by molar-refractivity contribution is 6.18. The van der Waals surface area contributed by atoms with Crippen molar-refractivity contribution in [1.82, 2.24) is 32.5 Å². The highest BCUT2D eigenvalue weighted by Crippen LogP contribution is 2.40. The minimum atomic E-state index is 0.794. The zero-order valence-corrected chi connectivity index (χ0v) is 56.7. The Hall–Kier alpha value is -14.0. The SMILES string of the molecule is c1ccc(-c2nc3ccccn3c2-c2ccc(-n3c4ccccc4c4ccccc43)cc2)cc1.c1ccc(-c2nc3ccccn3c2-c2cccc(-n3c4ccccc4c4ccccc43)c2)cc1.c1ccc(C2=N[N+](c3ccc(-n4c5ccccc5c5ccccc54)cc3)=C(c3ccccc3)C2)cc1. The Labute approximate surface area is 600 Å². The average molecular weight is 1330 g/mol. The van der Waals surface area contributed by atoms with E-state index in [9.17, 15) is 0 Å². The molecule has 0 aliphatic carbocycles. The molecule has 9 heteroatoms. The number of hydrazone groups is 1. The Morgan fingerprint density at radius 3 is 1.01 bits per heavy atom. The summed E-state index contributed by atoms with van der Waals surface area (Å²) in [6.45, 7) is 0. The van der Waals surface area contributed by atoms with Crippen molar-refractivity contribution in [2.75, 3.05) is 0 Å². The standard InChI is InChI=1S/C33H24N3.2C31H21N3/c1-3-11-24(12-4-1)30-23-33(25-13-5-2-6-14-25)36(34-30)27-21-19-26(20-22-27)35-31-17-9-7-15-28(31)29-16-8-10-18-32(29)35;1-2-11-22(12-3-1)30-31(33-20-9-8-19-29(33)32-30)23-13-10-14-24(21-23)34-27-17-6-4-15-25(27)26-16-5-7-18-28(26)34;1-2-10-22(11-3-1)30-31(33-21-9-8-16-29(33)32-30)23-17-19-24(20-18-23)34-27-14-6-4-12-25(27)26-13-5-7-15-28(26)34/h1-22H,23H2;2*1-21H/q+1;;. The molecule has 21 rings (SSSR count). The van der Waals surface area contributed by atoms with Crippen molar-refractivity contribution in [3.05, 3.63) is 400 Å². The summed E-state index contributed by atoms with van der Waals surface area (Å²) in [5, 5.41) is 12.7. The third-order valence-electron chi connectivity index (χ3n) is 20.0. The maximum absolute atomic E-state index is 5.08. The molecule has 0 fully saturated rings. The topological polar surface area (TPSA) is 64.8 Å². The molecular weight excluding hydrogens is 1270 g/mol. The van der Waals surface area contributed by atoms with E-state index in [1.165, 1.54) is 76.7 Å². The van der Waals surface area contributed by atoms with Gasteiger partial charge in [-0.25, -0.2) is 9.97 Å².